The molecular formula is C26H29N3. The molecule has 0 unspecified atom stereocenters. The highest BCUT2D eigenvalue weighted by atomic mass is 15.1. The van der Waals surface area contributed by atoms with E-state index in [2.05, 4.69) is 98.6 Å². The Morgan fingerprint density at radius 3 is 2.55 bits per heavy atom. The molecule has 29 heavy (non-hydrogen) atoms. The van der Waals surface area contributed by atoms with Crippen molar-refractivity contribution in [2.75, 3.05) is 14.1 Å². The number of aryl methyl sites for hydroxylation is 2. The van der Waals surface area contributed by atoms with E-state index in [0.29, 0.717) is 0 Å². The van der Waals surface area contributed by atoms with E-state index in [1.807, 2.05) is 6.20 Å². The summed E-state index contributed by atoms with van der Waals surface area (Å²) in [5.74, 6) is 0. The molecule has 3 nitrogen and oxygen atoms in total. The zero-order chi connectivity index (χ0) is 20.7. The van der Waals surface area contributed by atoms with Gasteiger partial charge in [-0.05, 0) is 53.3 Å². The van der Waals surface area contributed by atoms with Gasteiger partial charge in [-0.1, -0.05) is 38.3 Å². The third kappa shape index (κ3) is 3.27. The molecule has 3 heteroatoms. The molecule has 4 rings (SSSR count). The number of nitrogens with one attached hydrogen (secondary N) is 1. The second-order valence-corrected chi connectivity index (χ2v) is 7.92. The second kappa shape index (κ2) is 7.32. The van der Waals surface area contributed by atoms with E-state index in [4.69, 9.17) is 0 Å². The number of hydrogen-bond donors (Lipinski definition) is 1. The maximum absolute atomic E-state index is 4.25. The van der Waals surface area contributed by atoms with E-state index in [0.717, 1.165) is 29.9 Å². The van der Waals surface area contributed by atoms with Crippen LogP contribution >= 0.6 is 0 Å². The first-order chi connectivity index (χ1) is 13.9. The maximum atomic E-state index is 4.25. The minimum Gasteiger partial charge on any atom is -0.359 e. The highest BCUT2D eigenvalue weighted by molar-refractivity contribution is 5.92. The molecule has 0 aliphatic carbocycles. The Kier molecular flexibility index (Phi) is 4.83. The van der Waals surface area contributed by atoms with E-state index < -0.39 is 0 Å². The summed E-state index contributed by atoms with van der Waals surface area (Å²) in [7, 11) is 4.12. The fourth-order valence-corrected chi connectivity index (χ4v) is 4.24. The molecule has 148 valence electrons. The Morgan fingerprint density at radius 2 is 1.79 bits per heavy atom. The van der Waals surface area contributed by atoms with Crippen molar-refractivity contribution < 1.29 is 0 Å². The standard InChI is InChI=1S/C26H29N3/c1-7-20-10-8-9-17(2)23(20)14-21-15-28(5)18(3)13-24(21)25-16-29(6)19(4)26-22(25)11-12-27-26/h8-13,15-16,27H,3-4,7,14H2,1-2,5-6H3. The summed E-state index contributed by atoms with van der Waals surface area (Å²) in [5, 5.41) is 0. The summed E-state index contributed by atoms with van der Waals surface area (Å²) in [6.45, 7) is 12.9. The van der Waals surface area contributed by atoms with Crippen molar-refractivity contribution in [1.29, 1.82) is 0 Å². The van der Waals surface area contributed by atoms with Gasteiger partial charge >= 0.3 is 0 Å². The van der Waals surface area contributed by atoms with Crippen molar-refractivity contribution in [2.24, 2.45) is 0 Å². The molecule has 0 atom stereocenters. The van der Waals surface area contributed by atoms with Crippen molar-refractivity contribution in [3.05, 3.63) is 107 Å². The summed E-state index contributed by atoms with van der Waals surface area (Å²) in [6.07, 6.45) is 10.6. The quantitative estimate of drug-likeness (QED) is 0.736. The predicted molar refractivity (Wildman–Crippen MR) is 123 cm³/mol. The van der Waals surface area contributed by atoms with Gasteiger partial charge in [-0.3, -0.25) is 0 Å². The van der Waals surface area contributed by atoms with Gasteiger partial charge in [0.2, 0.25) is 0 Å². The second-order valence-electron chi connectivity index (χ2n) is 7.92. The maximum Gasteiger partial charge on any atom is 0.0695 e. The van der Waals surface area contributed by atoms with Gasteiger partial charge in [0.15, 0.2) is 0 Å². The number of nitrogens with zero attached hydrogens (tertiary/aromatic N) is 2. The van der Waals surface area contributed by atoms with Crippen LogP contribution in [0.3, 0.4) is 0 Å². The summed E-state index contributed by atoms with van der Waals surface area (Å²) < 4.78 is 0. The molecule has 3 heterocycles. The number of likely N-dealkylation sites (N-methyl/N-ethyl adjacent to an activating group) is 1. The van der Waals surface area contributed by atoms with Gasteiger partial charge < -0.3 is 14.8 Å². The topological polar surface area (TPSA) is 22.3 Å². The molecule has 2 aromatic rings. The van der Waals surface area contributed by atoms with Crippen molar-refractivity contribution in [3.8, 4) is 0 Å². The number of H-pyrrole nitrogens is 1. The largest absolute Gasteiger partial charge is 0.359 e. The van der Waals surface area contributed by atoms with Crippen LogP contribution in [0.5, 0.6) is 0 Å². The highest BCUT2D eigenvalue weighted by Gasteiger charge is 2.26. The first kappa shape index (κ1) is 19.1. The lowest BCUT2D eigenvalue weighted by atomic mass is 9.84. The lowest BCUT2D eigenvalue weighted by molar-refractivity contribution is 0.576. The Labute approximate surface area is 174 Å². The lowest BCUT2D eigenvalue weighted by Crippen LogP contribution is -2.20. The number of hydrogen-bond acceptors (Lipinski definition) is 2. The van der Waals surface area contributed by atoms with Crippen LogP contribution in [0.25, 0.3) is 11.3 Å². The van der Waals surface area contributed by atoms with E-state index >= 15 is 0 Å². The normalized spacial score (nSPS) is 16.5. The fourth-order valence-electron chi connectivity index (χ4n) is 4.24. The predicted octanol–water partition coefficient (Wildman–Crippen LogP) is 5.65. The average Bonchev–Trinajstić information content (AvgIpc) is 3.19. The fraction of sp³-hybridized carbons (Fsp3) is 0.231. The van der Waals surface area contributed by atoms with Crippen molar-refractivity contribution in [2.45, 2.75) is 26.7 Å². The third-order valence-corrected chi connectivity index (χ3v) is 6.08. The number of allylic oxidation sites excluding steroid dienone is 4. The molecule has 0 fully saturated rings. The van der Waals surface area contributed by atoms with Gasteiger partial charge in [-0.15, -0.1) is 0 Å². The van der Waals surface area contributed by atoms with Crippen LogP contribution in [0.2, 0.25) is 0 Å². The van der Waals surface area contributed by atoms with Crippen LogP contribution in [0, 0.1) is 6.92 Å². The minimum atomic E-state index is 0.904. The summed E-state index contributed by atoms with van der Waals surface area (Å²) in [4.78, 5) is 7.57. The van der Waals surface area contributed by atoms with Crippen molar-refractivity contribution in [1.82, 2.24) is 14.8 Å². The molecule has 2 aliphatic heterocycles. The third-order valence-electron chi connectivity index (χ3n) is 6.08. The van der Waals surface area contributed by atoms with Gasteiger partial charge in [-0.25, -0.2) is 0 Å². The summed E-state index contributed by atoms with van der Waals surface area (Å²) in [6, 6.07) is 8.77. The zero-order valence-corrected chi connectivity index (χ0v) is 17.8. The molecule has 0 saturated heterocycles. The van der Waals surface area contributed by atoms with Gasteiger partial charge in [0, 0.05) is 55.9 Å². The Balaban J connectivity index is 1.82. The van der Waals surface area contributed by atoms with Crippen LogP contribution in [-0.4, -0.2) is 28.9 Å². The SMILES string of the molecule is C=C1C=C(C2=CN(C)C(=C)c3[nH]ccc32)C(Cc2c(C)cccc2CC)=CN1C. The number of aromatic amines is 1. The smallest absolute Gasteiger partial charge is 0.0695 e. The van der Waals surface area contributed by atoms with E-state index in [-0.39, 0.29) is 0 Å². The number of fused-ring (bicyclic) bond motifs is 1. The molecule has 0 amide bonds. The minimum absolute atomic E-state index is 0.904. The van der Waals surface area contributed by atoms with Gasteiger partial charge in [-0.2, -0.15) is 0 Å². The molecule has 1 aromatic heterocycles. The molecule has 1 N–H and O–H groups in total. The number of aromatic nitrogens is 1. The molecule has 0 spiro atoms. The van der Waals surface area contributed by atoms with Crippen LogP contribution < -0.4 is 0 Å². The Bertz CT molecular complexity index is 1090. The first-order valence-corrected chi connectivity index (χ1v) is 10.1. The summed E-state index contributed by atoms with van der Waals surface area (Å²) >= 11 is 0. The molecule has 0 saturated carbocycles. The first-order valence-electron chi connectivity index (χ1n) is 10.1. The van der Waals surface area contributed by atoms with Crippen LogP contribution in [-0.2, 0) is 12.8 Å². The summed E-state index contributed by atoms with van der Waals surface area (Å²) in [5.41, 5.74) is 12.2. The van der Waals surface area contributed by atoms with Crippen LogP contribution in [0.4, 0.5) is 0 Å². The molecule has 1 aromatic carbocycles. The van der Waals surface area contributed by atoms with Gasteiger partial charge in [0.25, 0.3) is 0 Å². The van der Waals surface area contributed by atoms with Crippen LogP contribution in [0.15, 0.2) is 78.9 Å². The monoisotopic (exact) mass is 383 g/mol. The van der Waals surface area contributed by atoms with Crippen molar-refractivity contribution in [3.63, 3.8) is 0 Å². The van der Waals surface area contributed by atoms with E-state index in [1.54, 1.807) is 0 Å². The lowest BCUT2D eigenvalue weighted by Gasteiger charge is -2.31. The Morgan fingerprint density at radius 1 is 1.00 bits per heavy atom. The van der Waals surface area contributed by atoms with Gasteiger partial charge in [0.05, 0.1) is 11.4 Å². The van der Waals surface area contributed by atoms with E-state index in [1.165, 1.54) is 39.0 Å². The number of rotatable bonds is 4. The molecular weight excluding hydrogens is 354 g/mol. The highest BCUT2D eigenvalue weighted by Crippen LogP contribution is 2.41. The zero-order valence-electron chi connectivity index (χ0n) is 17.8. The average molecular weight is 384 g/mol. The Hall–Kier alpha value is -3.20. The van der Waals surface area contributed by atoms with Gasteiger partial charge in [0.1, 0.15) is 0 Å². The van der Waals surface area contributed by atoms with Crippen molar-refractivity contribution >= 4 is 11.3 Å². The van der Waals surface area contributed by atoms with Crippen LogP contribution in [0.1, 0.15) is 34.9 Å². The molecule has 0 bridgehead atoms. The number of benzene rings is 1. The molecule has 2 aliphatic rings. The van der Waals surface area contributed by atoms with E-state index in [9.17, 15) is 0 Å². The molecule has 0 radical (unpaired) electrons.